The number of carbonyl (C=O) groups is 2. The fourth-order valence-electron chi connectivity index (χ4n) is 5.60. The van der Waals surface area contributed by atoms with Gasteiger partial charge in [0.15, 0.2) is 0 Å². The van der Waals surface area contributed by atoms with Crippen molar-refractivity contribution >= 4 is 11.9 Å². The van der Waals surface area contributed by atoms with E-state index in [1.165, 1.54) is 135 Å². The molecule has 0 aromatic rings. The lowest BCUT2D eigenvalue weighted by atomic mass is 10.1. The molecule has 0 unspecified atom stereocenters. The molecule has 0 radical (unpaired) electrons. The quantitative estimate of drug-likeness (QED) is 0.0416. The molecule has 0 fully saturated rings. The van der Waals surface area contributed by atoms with Crippen LogP contribution < -0.4 is 0 Å². The number of unbranched alkanes of at least 4 members (excludes halogenated alkanes) is 24. The van der Waals surface area contributed by atoms with Gasteiger partial charge in [-0.2, -0.15) is 0 Å². The van der Waals surface area contributed by atoms with E-state index in [2.05, 4.69) is 38.2 Å². The van der Waals surface area contributed by atoms with Gasteiger partial charge < -0.3 is 14.6 Å². The van der Waals surface area contributed by atoms with E-state index in [0.717, 1.165) is 44.9 Å². The van der Waals surface area contributed by atoms with Gasteiger partial charge >= 0.3 is 11.9 Å². The molecule has 0 aromatic heterocycles. The monoisotopic (exact) mass is 649 g/mol. The van der Waals surface area contributed by atoms with Crippen molar-refractivity contribution in [2.75, 3.05) is 13.2 Å². The van der Waals surface area contributed by atoms with E-state index in [1.54, 1.807) is 0 Å². The van der Waals surface area contributed by atoms with Crippen LogP contribution in [-0.4, -0.2) is 36.4 Å². The first-order chi connectivity index (χ1) is 22.6. The third-order valence-corrected chi connectivity index (χ3v) is 8.66. The zero-order valence-corrected chi connectivity index (χ0v) is 30.6. The lowest BCUT2D eigenvalue weighted by Gasteiger charge is -2.12. The van der Waals surface area contributed by atoms with Gasteiger partial charge in [0.25, 0.3) is 0 Å². The van der Waals surface area contributed by atoms with Crippen molar-refractivity contribution in [1.82, 2.24) is 0 Å². The zero-order valence-electron chi connectivity index (χ0n) is 30.6. The van der Waals surface area contributed by atoms with Crippen LogP contribution >= 0.6 is 0 Å². The van der Waals surface area contributed by atoms with Gasteiger partial charge in [-0.05, 0) is 64.2 Å². The first-order valence-corrected chi connectivity index (χ1v) is 19.9. The predicted octanol–water partition coefficient (Wildman–Crippen LogP) is 12.3. The van der Waals surface area contributed by atoms with E-state index in [0.29, 0.717) is 12.8 Å². The minimum atomic E-state index is -0.967. The van der Waals surface area contributed by atoms with Crippen molar-refractivity contribution in [3.63, 3.8) is 0 Å². The van der Waals surface area contributed by atoms with E-state index < -0.39 is 6.10 Å². The number of allylic oxidation sites excluding steroid dienone is 4. The number of esters is 2. The molecule has 0 aliphatic rings. The second-order valence-corrected chi connectivity index (χ2v) is 13.4. The summed E-state index contributed by atoms with van der Waals surface area (Å²) in [4.78, 5) is 23.9. The fraction of sp³-hybridized carbons (Fsp3) is 0.854. The van der Waals surface area contributed by atoms with Crippen LogP contribution in [-0.2, 0) is 19.1 Å². The molecule has 1 atom stereocenters. The number of hydrogen-bond acceptors (Lipinski definition) is 5. The summed E-state index contributed by atoms with van der Waals surface area (Å²) in [6.07, 6.45) is 43.8. The van der Waals surface area contributed by atoms with Gasteiger partial charge in [-0.15, -0.1) is 0 Å². The van der Waals surface area contributed by atoms with E-state index in [9.17, 15) is 14.7 Å². The highest BCUT2D eigenvalue weighted by Crippen LogP contribution is 2.13. The Morgan fingerprint density at radius 1 is 0.435 bits per heavy atom. The zero-order chi connectivity index (χ0) is 33.6. The maximum Gasteiger partial charge on any atom is 0.305 e. The molecule has 0 amide bonds. The van der Waals surface area contributed by atoms with Crippen LogP contribution in [0.4, 0.5) is 0 Å². The van der Waals surface area contributed by atoms with Crippen LogP contribution in [0.25, 0.3) is 0 Å². The summed E-state index contributed by atoms with van der Waals surface area (Å²) in [5.74, 6) is -0.581. The molecule has 5 heteroatoms. The number of aliphatic hydroxyl groups excluding tert-OH is 1. The molecule has 0 bridgehead atoms. The third-order valence-electron chi connectivity index (χ3n) is 8.66. The van der Waals surface area contributed by atoms with E-state index >= 15 is 0 Å². The standard InChI is InChI=1S/C41H76O5/c1-3-5-7-9-11-13-15-17-18-19-20-21-22-24-26-28-30-32-34-36-41(44)46-38-39(42)37-45-40(43)35-33-31-29-27-25-23-16-14-12-10-8-6-4-2/h17-18,23,25,39,42H,3-16,19-22,24,26-38H2,1-2H3/b18-17-,25-23-/t39-/m1/s1. The topological polar surface area (TPSA) is 72.8 Å². The van der Waals surface area contributed by atoms with Crippen molar-refractivity contribution in [1.29, 1.82) is 0 Å². The van der Waals surface area contributed by atoms with Crippen LogP contribution in [0.3, 0.4) is 0 Å². The summed E-state index contributed by atoms with van der Waals surface area (Å²) in [5, 5.41) is 10.0. The molecule has 0 rings (SSSR count). The Kier molecular flexibility index (Phi) is 36.5. The smallest absolute Gasteiger partial charge is 0.305 e. The molecule has 0 spiro atoms. The lowest BCUT2D eigenvalue weighted by molar-refractivity contribution is -0.152. The van der Waals surface area contributed by atoms with Crippen LogP contribution in [0.2, 0.25) is 0 Å². The Bertz CT molecular complexity index is 701. The van der Waals surface area contributed by atoms with Crippen molar-refractivity contribution in [2.24, 2.45) is 0 Å². The van der Waals surface area contributed by atoms with E-state index in [-0.39, 0.29) is 25.2 Å². The Labute approximate surface area is 285 Å². The number of aliphatic hydroxyl groups is 1. The van der Waals surface area contributed by atoms with Gasteiger partial charge in [0.05, 0.1) is 0 Å². The van der Waals surface area contributed by atoms with Crippen molar-refractivity contribution in [3.8, 4) is 0 Å². The number of rotatable bonds is 36. The molecule has 5 nitrogen and oxygen atoms in total. The summed E-state index contributed by atoms with van der Waals surface area (Å²) < 4.78 is 10.3. The van der Waals surface area contributed by atoms with Gasteiger partial charge in [-0.1, -0.05) is 154 Å². The third kappa shape index (κ3) is 36.8. The minimum Gasteiger partial charge on any atom is -0.463 e. The second kappa shape index (κ2) is 37.8. The Morgan fingerprint density at radius 2 is 0.696 bits per heavy atom. The molecule has 0 aromatic carbocycles. The van der Waals surface area contributed by atoms with Crippen molar-refractivity contribution in [2.45, 2.75) is 213 Å². The largest absolute Gasteiger partial charge is 0.463 e. The number of carbonyl (C=O) groups excluding carboxylic acids is 2. The van der Waals surface area contributed by atoms with Gasteiger partial charge in [-0.25, -0.2) is 0 Å². The van der Waals surface area contributed by atoms with Gasteiger partial charge in [0, 0.05) is 12.8 Å². The maximum absolute atomic E-state index is 12.0. The highest BCUT2D eigenvalue weighted by molar-refractivity contribution is 5.69. The van der Waals surface area contributed by atoms with Gasteiger partial charge in [0.1, 0.15) is 19.3 Å². The van der Waals surface area contributed by atoms with Gasteiger partial charge in [0.2, 0.25) is 0 Å². The number of ether oxygens (including phenoxy) is 2. The molecular weight excluding hydrogens is 572 g/mol. The summed E-state index contributed by atoms with van der Waals surface area (Å²) in [5.41, 5.74) is 0. The SMILES string of the molecule is CCCCCCCC/C=C\CCCCCCCCCCCC(=O)OC[C@H](O)COC(=O)CCCCC/C=C\CCCCCCCC. The average Bonchev–Trinajstić information content (AvgIpc) is 3.06. The normalized spacial score (nSPS) is 12.3. The van der Waals surface area contributed by atoms with Crippen LogP contribution in [0.5, 0.6) is 0 Å². The molecule has 0 saturated heterocycles. The Morgan fingerprint density at radius 3 is 1.02 bits per heavy atom. The molecule has 0 aliphatic carbocycles. The lowest BCUT2D eigenvalue weighted by Crippen LogP contribution is -2.25. The first kappa shape index (κ1) is 44.4. The summed E-state index contributed by atoms with van der Waals surface area (Å²) in [7, 11) is 0. The molecule has 1 N–H and O–H groups in total. The van der Waals surface area contributed by atoms with Crippen LogP contribution in [0.1, 0.15) is 206 Å². The molecule has 0 heterocycles. The molecule has 46 heavy (non-hydrogen) atoms. The second-order valence-electron chi connectivity index (χ2n) is 13.4. The van der Waals surface area contributed by atoms with Crippen LogP contribution in [0.15, 0.2) is 24.3 Å². The van der Waals surface area contributed by atoms with E-state index in [4.69, 9.17) is 9.47 Å². The molecule has 270 valence electrons. The molecule has 0 aliphatic heterocycles. The minimum absolute atomic E-state index is 0.119. The predicted molar refractivity (Wildman–Crippen MR) is 196 cm³/mol. The van der Waals surface area contributed by atoms with E-state index in [1.807, 2.05) is 0 Å². The summed E-state index contributed by atoms with van der Waals surface area (Å²) in [6.45, 7) is 4.28. The highest BCUT2D eigenvalue weighted by Gasteiger charge is 2.12. The number of hydrogen-bond donors (Lipinski definition) is 1. The first-order valence-electron chi connectivity index (χ1n) is 19.9. The van der Waals surface area contributed by atoms with Crippen molar-refractivity contribution < 1.29 is 24.2 Å². The van der Waals surface area contributed by atoms with Gasteiger partial charge in [-0.3, -0.25) is 9.59 Å². The Balaban J connectivity index is 3.43. The Hall–Kier alpha value is -1.62. The van der Waals surface area contributed by atoms with Crippen molar-refractivity contribution in [3.05, 3.63) is 24.3 Å². The highest BCUT2D eigenvalue weighted by atomic mass is 16.6. The maximum atomic E-state index is 12.0. The fourth-order valence-corrected chi connectivity index (χ4v) is 5.60. The summed E-state index contributed by atoms with van der Waals surface area (Å²) in [6, 6.07) is 0. The molecular formula is C41H76O5. The summed E-state index contributed by atoms with van der Waals surface area (Å²) >= 11 is 0. The molecule has 0 saturated carbocycles. The van der Waals surface area contributed by atoms with Crippen LogP contribution in [0, 0.1) is 0 Å². The average molecular weight is 649 g/mol.